The summed E-state index contributed by atoms with van der Waals surface area (Å²) in [6.07, 6.45) is 4.55. The molecule has 3 heterocycles. The normalized spacial score (nSPS) is 11.7. The highest BCUT2D eigenvalue weighted by atomic mass is 35.5. The lowest BCUT2D eigenvalue weighted by atomic mass is 10.2. The van der Waals surface area contributed by atoms with E-state index in [1.807, 2.05) is 34.9 Å². The molecule has 3 aromatic rings. The van der Waals surface area contributed by atoms with Gasteiger partial charge in [0.15, 0.2) is 17.4 Å². The van der Waals surface area contributed by atoms with E-state index in [1.165, 1.54) is 0 Å². The second kappa shape index (κ2) is 7.74. The quantitative estimate of drug-likeness (QED) is 0.418. The Hall–Kier alpha value is -2.67. The Balaban J connectivity index is 1.51. The van der Waals surface area contributed by atoms with Gasteiger partial charge in [-0.05, 0) is 30.2 Å². The largest absolute Gasteiger partial charge is 0.356 e. The molecule has 0 saturated carbocycles. The molecule has 0 amide bonds. The Kier molecular flexibility index (Phi) is 5.22. The molecule has 0 aliphatic heterocycles. The number of fused-ring (bicyclic) bond motifs is 1. The zero-order valence-corrected chi connectivity index (χ0v) is 14.0. The van der Waals surface area contributed by atoms with Gasteiger partial charge in [-0.2, -0.15) is 0 Å². The molecule has 0 saturated heterocycles. The molecule has 0 spiro atoms. The molecule has 24 heavy (non-hydrogen) atoms. The monoisotopic (exact) mass is 343 g/mol. The molecule has 3 rings (SSSR count). The van der Waals surface area contributed by atoms with E-state index in [2.05, 4.69) is 30.8 Å². The Morgan fingerprint density at radius 1 is 1.21 bits per heavy atom. The first kappa shape index (κ1) is 16.2. The maximum atomic E-state index is 5.78. The van der Waals surface area contributed by atoms with Crippen LogP contribution in [0.5, 0.6) is 0 Å². The van der Waals surface area contributed by atoms with E-state index in [1.54, 1.807) is 19.3 Å². The lowest BCUT2D eigenvalue weighted by Crippen LogP contribution is -2.38. The van der Waals surface area contributed by atoms with Crippen molar-refractivity contribution in [2.45, 2.75) is 13.0 Å². The first-order chi connectivity index (χ1) is 11.8. The van der Waals surface area contributed by atoms with E-state index in [-0.39, 0.29) is 0 Å². The maximum absolute atomic E-state index is 5.78. The number of aromatic nitrogens is 4. The summed E-state index contributed by atoms with van der Waals surface area (Å²) >= 11 is 5.78. The number of guanidine groups is 1. The molecule has 0 radical (unpaired) electrons. The molecule has 124 valence electrons. The molecule has 8 heteroatoms. The van der Waals surface area contributed by atoms with Gasteiger partial charge in [-0.3, -0.25) is 9.39 Å². The van der Waals surface area contributed by atoms with Crippen molar-refractivity contribution in [3.63, 3.8) is 0 Å². The molecular weight excluding hydrogens is 326 g/mol. The molecule has 0 aliphatic carbocycles. The highest BCUT2D eigenvalue weighted by Crippen LogP contribution is 2.05. The van der Waals surface area contributed by atoms with Gasteiger partial charge < -0.3 is 10.6 Å². The van der Waals surface area contributed by atoms with Gasteiger partial charge in [0.2, 0.25) is 0 Å². The number of hydrogen-bond donors (Lipinski definition) is 2. The standard InChI is InChI=1S/C16H18ClN7/c1-18-16(19-8-7-12-5-6-13(17)20-10-12)21-11-15-23-22-14-4-2-3-9-24(14)15/h2-6,9-10H,7-8,11H2,1H3,(H2,18,19,21). The van der Waals surface area contributed by atoms with Gasteiger partial charge in [-0.15, -0.1) is 10.2 Å². The number of nitrogens with zero attached hydrogens (tertiary/aromatic N) is 5. The van der Waals surface area contributed by atoms with E-state index in [9.17, 15) is 0 Å². The number of hydrogen-bond acceptors (Lipinski definition) is 4. The Morgan fingerprint density at radius 3 is 2.92 bits per heavy atom. The first-order valence-electron chi connectivity index (χ1n) is 7.60. The molecule has 7 nitrogen and oxygen atoms in total. The lowest BCUT2D eigenvalue weighted by Gasteiger charge is -2.11. The predicted molar refractivity (Wildman–Crippen MR) is 94.1 cm³/mol. The third-order valence-corrected chi connectivity index (χ3v) is 3.74. The topological polar surface area (TPSA) is 79.5 Å². The fourth-order valence-electron chi connectivity index (χ4n) is 2.27. The second-order valence-electron chi connectivity index (χ2n) is 5.14. The molecule has 0 unspecified atom stereocenters. The minimum Gasteiger partial charge on any atom is -0.356 e. The summed E-state index contributed by atoms with van der Waals surface area (Å²) in [6.45, 7) is 1.27. The highest BCUT2D eigenvalue weighted by Gasteiger charge is 2.05. The van der Waals surface area contributed by atoms with Gasteiger partial charge in [-0.25, -0.2) is 4.98 Å². The SMILES string of the molecule is CN=C(NCCc1ccc(Cl)nc1)NCc1nnc2ccccn12. The van der Waals surface area contributed by atoms with Crippen molar-refractivity contribution in [2.75, 3.05) is 13.6 Å². The van der Waals surface area contributed by atoms with Crippen LogP contribution in [-0.2, 0) is 13.0 Å². The molecule has 0 bridgehead atoms. The average molecular weight is 344 g/mol. The summed E-state index contributed by atoms with van der Waals surface area (Å²) in [6, 6.07) is 9.57. The Bertz CT molecular complexity index is 826. The minimum atomic E-state index is 0.504. The van der Waals surface area contributed by atoms with E-state index < -0.39 is 0 Å². The lowest BCUT2D eigenvalue weighted by molar-refractivity contribution is 0.756. The first-order valence-corrected chi connectivity index (χ1v) is 7.97. The van der Waals surface area contributed by atoms with Crippen molar-refractivity contribution in [3.05, 3.63) is 59.3 Å². The van der Waals surface area contributed by atoms with Crippen LogP contribution in [0, 0.1) is 0 Å². The van der Waals surface area contributed by atoms with Gasteiger partial charge in [0.1, 0.15) is 5.15 Å². The van der Waals surface area contributed by atoms with Gasteiger partial charge in [0, 0.05) is 26.0 Å². The van der Waals surface area contributed by atoms with Crippen molar-refractivity contribution in [1.29, 1.82) is 0 Å². The molecule has 0 aromatic carbocycles. The third-order valence-electron chi connectivity index (χ3n) is 3.52. The van der Waals surface area contributed by atoms with Crippen molar-refractivity contribution in [1.82, 2.24) is 30.2 Å². The third kappa shape index (κ3) is 3.99. The number of aliphatic imine (C=N–C) groups is 1. The summed E-state index contributed by atoms with van der Waals surface area (Å²) in [5, 5.41) is 15.3. The molecule has 3 aromatic heterocycles. The van der Waals surface area contributed by atoms with Crippen LogP contribution in [0.15, 0.2) is 47.7 Å². The van der Waals surface area contributed by atoms with E-state index in [0.717, 1.165) is 30.0 Å². The van der Waals surface area contributed by atoms with Crippen LogP contribution in [-0.4, -0.2) is 39.1 Å². The predicted octanol–water partition coefficient (Wildman–Crippen LogP) is 1.69. The van der Waals surface area contributed by atoms with Gasteiger partial charge in [0.05, 0.1) is 6.54 Å². The molecule has 2 N–H and O–H groups in total. The summed E-state index contributed by atoms with van der Waals surface area (Å²) in [7, 11) is 1.74. The molecule has 0 atom stereocenters. The van der Waals surface area contributed by atoms with Crippen molar-refractivity contribution in [3.8, 4) is 0 Å². The van der Waals surface area contributed by atoms with Gasteiger partial charge in [-0.1, -0.05) is 23.7 Å². The molecular formula is C16H18ClN7. The summed E-state index contributed by atoms with van der Waals surface area (Å²) in [5.41, 5.74) is 1.94. The second-order valence-corrected chi connectivity index (χ2v) is 5.52. The minimum absolute atomic E-state index is 0.504. The number of nitrogens with one attached hydrogen (secondary N) is 2. The molecule has 0 aliphatic rings. The van der Waals surface area contributed by atoms with Gasteiger partial charge >= 0.3 is 0 Å². The van der Waals surface area contributed by atoms with Crippen molar-refractivity contribution < 1.29 is 0 Å². The fraction of sp³-hybridized carbons (Fsp3) is 0.250. The Labute approximate surface area is 144 Å². The van der Waals surface area contributed by atoms with E-state index >= 15 is 0 Å². The maximum Gasteiger partial charge on any atom is 0.191 e. The average Bonchev–Trinajstić information content (AvgIpc) is 3.03. The summed E-state index contributed by atoms with van der Waals surface area (Å²) in [5.74, 6) is 1.54. The smallest absolute Gasteiger partial charge is 0.191 e. The van der Waals surface area contributed by atoms with E-state index in [0.29, 0.717) is 17.7 Å². The van der Waals surface area contributed by atoms with Crippen molar-refractivity contribution >= 4 is 23.2 Å². The van der Waals surface area contributed by atoms with Crippen LogP contribution >= 0.6 is 11.6 Å². The van der Waals surface area contributed by atoms with E-state index in [4.69, 9.17) is 11.6 Å². The van der Waals surface area contributed by atoms with Crippen LogP contribution in [0.1, 0.15) is 11.4 Å². The molecule has 0 fully saturated rings. The van der Waals surface area contributed by atoms with Crippen LogP contribution in [0.3, 0.4) is 0 Å². The number of rotatable bonds is 5. The zero-order chi connectivity index (χ0) is 16.8. The highest BCUT2D eigenvalue weighted by molar-refractivity contribution is 6.29. The number of halogens is 1. The van der Waals surface area contributed by atoms with Crippen LogP contribution < -0.4 is 10.6 Å². The van der Waals surface area contributed by atoms with Crippen LogP contribution in [0.2, 0.25) is 5.15 Å². The van der Waals surface area contributed by atoms with Crippen molar-refractivity contribution in [2.24, 2.45) is 4.99 Å². The van der Waals surface area contributed by atoms with Gasteiger partial charge in [0.25, 0.3) is 0 Å². The Morgan fingerprint density at radius 2 is 2.12 bits per heavy atom. The number of pyridine rings is 2. The summed E-state index contributed by atoms with van der Waals surface area (Å²) < 4.78 is 1.94. The zero-order valence-electron chi connectivity index (χ0n) is 13.3. The van der Waals surface area contributed by atoms with Crippen LogP contribution in [0.4, 0.5) is 0 Å². The fourth-order valence-corrected chi connectivity index (χ4v) is 2.39. The van der Waals surface area contributed by atoms with Crippen LogP contribution in [0.25, 0.3) is 5.65 Å². The summed E-state index contributed by atoms with van der Waals surface area (Å²) in [4.78, 5) is 8.28.